The highest BCUT2D eigenvalue weighted by Gasteiger charge is 2.11. The summed E-state index contributed by atoms with van der Waals surface area (Å²) in [6, 6.07) is 11.1. The number of aryl methyl sites for hydroxylation is 3. The first-order valence-corrected chi connectivity index (χ1v) is 9.14. The molecule has 0 spiro atoms. The Kier molecular flexibility index (Phi) is 5.64. The fourth-order valence-electron chi connectivity index (χ4n) is 3.39. The van der Waals surface area contributed by atoms with E-state index in [2.05, 4.69) is 11.9 Å². The molecule has 1 amide bonds. The van der Waals surface area contributed by atoms with Crippen molar-refractivity contribution < 1.29 is 9.53 Å². The molecule has 1 heterocycles. The fourth-order valence-corrected chi connectivity index (χ4v) is 3.39. The normalized spacial score (nSPS) is 10.7. The molecule has 5 heteroatoms. The predicted molar refractivity (Wildman–Crippen MR) is 113 cm³/mol. The molecule has 3 rings (SSSR count). The van der Waals surface area contributed by atoms with Gasteiger partial charge in [-0.1, -0.05) is 29.8 Å². The Morgan fingerprint density at radius 3 is 2.54 bits per heavy atom. The number of ether oxygens (including phenoxy) is 1. The molecule has 0 saturated heterocycles. The number of allylic oxidation sites excluding steroid dienone is 1. The van der Waals surface area contributed by atoms with Crippen LogP contribution in [0.3, 0.4) is 0 Å². The zero-order valence-corrected chi connectivity index (χ0v) is 16.4. The van der Waals surface area contributed by atoms with E-state index in [0.717, 1.165) is 22.4 Å². The molecule has 1 aromatic heterocycles. The average Bonchev–Trinajstić information content (AvgIpc) is 2.65. The van der Waals surface area contributed by atoms with E-state index in [1.165, 1.54) is 0 Å². The van der Waals surface area contributed by atoms with Crippen molar-refractivity contribution in [2.45, 2.75) is 27.3 Å². The maximum Gasteiger partial charge on any atom is 0.262 e. The minimum absolute atomic E-state index is 0.113. The van der Waals surface area contributed by atoms with Crippen molar-refractivity contribution in [1.29, 1.82) is 0 Å². The number of pyridine rings is 1. The lowest BCUT2D eigenvalue weighted by atomic mass is 10.1. The SMILES string of the molecule is C=CCn1ccc2c(OCC(=O)Nc3c(C)cc(C)cc3C)cccc2c1=O. The van der Waals surface area contributed by atoms with Crippen molar-refractivity contribution in [3.63, 3.8) is 0 Å². The molecule has 28 heavy (non-hydrogen) atoms. The number of amides is 1. The second kappa shape index (κ2) is 8.13. The Labute approximate surface area is 164 Å². The number of rotatable bonds is 6. The zero-order chi connectivity index (χ0) is 20.3. The molecule has 1 N–H and O–H groups in total. The van der Waals surface area contributed by atoms with Crippen LogP contribution in [0.25, 0.3) is 10.8 Å². The lowest BCUT2D eigenvalue weighted by molar-refractivity contribution is -0.118. The van der Waals surface area contributed by atoms with Gasteiger partial charge in [-0.2, -0.15) is 0 Å². The van der Waals surface area contributed by atoms with E-state index in [4.69, 9.17) is 4.74 Å². The van der Waals surface area contributed by atoms with E-state index in [1.54, 1.807) is 35.0 Å². The fraction of sp³-hybridized carbons (Fsp3) is 0.217. The molecule has 0 bridgehead atoms. The van der Waals surface area contributed by atoms with E-state index in [9.17, 15) is 9.59 Å². The Morgan fingerprint density at radius 2 is 1.86 bits per heavy atom. The van der Waals surface area contributed by atoms with Gasteiger partial charge in [-0.25, -0.2) is 0 Å². The highest BCUT2D eigenvalue weighted by Crippen LogP contribution is 2.24. The summed E-state index contributed by atoms with van der Waals surface area (Å²) in [6.45, 7) is 9.93. The van der Waals surface area contributed by atoms with Gasteiger partial charge in [-0.05, 0) is 50.1 Å². The molecule has 0 aliphatic heterocycles. The minimum atomic E-state index is -0.243. The van der Waals surface area contributed by atoms with Crippen LogP contribution < -0.4 is 15.6 Å². The van der Waals surface area contributed by atoms with Crippen LogP contribution in [0.1, 0.15) is 16.7 Å². The van der Waals surface area contributed by atoms with E-state index in [-0.39, 0.29) is 18.1 Å². The lowest BCUT2D eigenvalue weighted by Gasteiger charge is -2.14. The number of nitrogens with one attached hydrogen (secondary N) is 1. The van der Waals surface area contributed by atoms with Crippen LogP contribution >= 0.6 is 0 Å². The van der Waals surface area contributed by atoms with Crippen molar-refractivity contribution in [3.05, 3.63) is 82.3 Å². The van der Waals surface area contributed by atoms with Crippen LogP contribution in [-0.2, 0) is 11.3 Å². The number of nitrogens with zero attached hydrogens (tertiary/aromatic N) is 1. The number of benzene rings is 2. The number of aromatic nitrogens is 1. The molecule has 3 aromatic rings. The van der Waals surface area contributed by atoms with Gasteiger partial charge in [0.2, 0.25) is 0 Å². The molecule has 0 fully saturated rings. The highest BCUT2D eigenvalue weighted by atomic mass is 16.5. The van der Waals surface area contributed by atoms with Gasteiger partial charge >= 0.3 is 0 Å². The third-order valence-corrected chi connectivity index (χ3v) is 4.60. The lowest BCUT2D eigenvalue weighted by Crippen LogP contribution is -2.22. The third kappa shape index (κ3) is 3.98. The number of carbonyl (C=O) groups excluding carboxylic acids is 1. The number of fused-ring (bicyclic) bond motifs is 1. The summed E-state index contributed by atoms with van der Waals surface area (Å²) >= 11 is 0. The van der Waals surface area contributed by atoms with Crippen LogP contribution in [0.5, 0.6) is 5.75 Å². The third-order valence-electron chi connectivity index (χ3n) is 4.60. The van der Waals surface area contributed by atoms with Crippen molar-refractivity contribution in [3.8, 4) is 5.75 Å². The summed E-state index contributed by atoms with van der Waals surface area (Å²) in [7, 11) is 0. The first-order chi connectivity index (χ1) is 13.4. The Balaban J connectivity index is 1.79. The van der Waals surface area contributed by atoms with Gasteiger partial charge in [0, 0.05) is 23.8 Å². The molecule has 0 radical (unpaired) electrons. The molecular weight excluding hydrogens is 352 g/mol. The summed E-state index contributed by atoms with van der Waals surface area (Å²) in [6.07, 6.45) is 3.38. The minimum Gasteiger partial charge on any atom is -0.483 e. The van der Waals surface area contributed by atoms with Gasteiger partial charge in [-0.15, -0.1) is 6.58 Å². The van der Waals surface area contributed by atoms with E-state index in [0.29, 0.717) is 23.1 Å². The summed E-state index contributed by atoms with van der Waals surface area (Å²) in [5.41, 5.74) is 3.88. The van der Waals surface area contributed by atoms with Gasteiger partial charge in [0.25, 0.3) is 11.5 Å². The van der Waals surface area contributed by atoms with Crippen molar-refractivity contribution in [2.24, 2.45) is 0 Å². The van der Waals surface area contributed by atoms with Gasteiger partial charge in [0.1, 0.15) is 5.75 Å². The predicted octanol–water partition coefficient (Wildman–Crippen LogP) is 4.13. The van der Waals surface area contributed by atoms with Crippen LogP contribution in [0.2, 0.25) is 0 Å². The van der Waals surface area contributed by atoms with Crippen LogP contribution in [0.4, 0.5) is 5.69 Å². The van der Waals surface area contributed by atoms with Crippen LogP contribution in [0, 0.1) is 20.8 Å². The molecule has 144 valence electrons. The molecule has 0 unspecified atom stereocenters. The Bertz CT molecular complexity index is 1090. The molecule has 2 aromatic carbocycles. The topological polar surface area (TPSA) is 60.3 Å². The molecule has 0 atom stereocenters. The first kappa shape index (κ1) is 19.4. The average molecular weight is 376 g/mol. The van der Waals surface area contributed by atoms with Crippen molar-refractivity contribution in [1.82, 2.24) is 4.57 Å². The summed E-state index contributed by atoms with van der Waals surface area (Å²) in [4.78, 5) is 24.9. The van der Waals surface area contributed by atoms with E-state index >= 15 is 0 Å². The number of hydrogen-bond donors (Lipinski definition) is 1. The van der Waals surface area contributed by atoms with Gasteiger partial charge < -0.3 is 14.6 Å². The van der Waals surface area contributed by atoms with Crippen LogP contribution in [-0.4, -0.2) is 17.1 Å². The van der Waals surface area contributed by atoms with Gasteiger partial charge in [0.15, 0.2) is 6.61 Å². The van der Waals surface area contributed by atoms with E-state index < -0.39 is 0 Å². The quantitative estimate of drug-likeness (QED) is 0.658. The monoisotopic (exact) mass is 376 g/mol. The molecule has 0 saturated carbocycles. The maximum atomic E-state index is 12.5. The summed E-state index contributed by atoms with van der Waals surface area (Å²) < 4.78 is 7.31. The number of carbonyl (C=O) groups is 1. The molecule has 0 aliphatic rings. The second-order valence-corrected chi connectivity index (χ2v) is 6.89. The Morgan fingerprint density at radius 1 is 1.14 bits per heavy atom. The van der Waals surface area contributed by atoms with Crippen LogP contribution in [0.15, 0.2) is 60.0 Å². The van der Waals surface area contributed by atoms with Crippen molar-refractivity contribution >= 4 is 22.4 Å². The van der Waals surface area contributed by atoms with E-state index in [1.807, 2.05) is 39.0 Å². The Hall–Kier alpha value is -3.34. The first-order valence-electron chi connectivity index (χ1n) is 9.14. The summed E-state index contributed by atoms with van der Waals surface area (Å²) in [5.74, 6) is 0.264. The standard InChI is InChI=1S/C23H24N2O3/c1-5-10-25-11-9-18-19(23(25)27)7-6-8-20(18)28-14-21(26)24-22-16(3)12-15(2)13-17(22)4/h5-9,11-13H,1,10,14H2,2-4H3,(H,24,26). The summed E-state index contributed by atoms with van der Waals surface area (Å²) in [5, 5.41) is 4.15. The van der Waals surface area contributed by atoms with Crippen molar-refractivity contribution in [2.75, 3.05) is 11.9 Å². The number of anilines is 1. The molecule has 5 nitrogen and oxygen atoms in total. The van der Waals surface area contributed by atoms with Gasteiger partial charge in [0.05, 0.1) is 5.39 Å². The number of hydrogen-bond acceptors (Lipinski definition) is 3. The zero-order valence-electron chi connectivity index (χ0n) is 16.4. The molecule has 0 aliphatic carbocycles. The van der Waals surface area contributed by atoms with Gasteiger partial charge in [-0.3, -0.25) is 9.59 Å². The second-order valence-electron chi connectivity index (χ2n) is 6.89. The maximum absolute atomic E-state index is 12.5. The smallest absolute Gasteiger partial charge is 0.262 e. The highest BCUT2D eigenvalue weighted by molar-refractivity contribution is 5.94. The molecular formula is C23H24N2O3. The largest absolute Gasteiger partial charge is 0.483 e.